The van der Waals surface area contributed by atoms with Crippen molar-refractivity contribution in [1.29, 1.82) is 0 Å². The molecule has 1 aromatic rings. The highest BCUT2D eigenvalue weighted by atomic mass is 35.5. The molecular formula is C76H125ClO2. The Kier molecular flexibility index (Phi) is 48.0. The maximum absolute atomic E-state index is 11.6. The monoisotopic (exact) mass is 1100 g/mol. The molecule has 2 nitrogen and oxygen atoms in total. The fourth-order valence-corrected chi connectivity index (χ4v) is 10.9. The van der Waals surface area contributed by atoms with E-state index in [0.717, 1.165) is 76.2 Å². The molecule has 0 spiro atoms. The Morgan fingerprint density at radius 2 is 0.570 bits per heavy atom. The minimum absolute atomic E-state index is 0.324. The Hall–Kier alpha value is -3.36. The second-order valence-corrected chi connectivity index (χ2v) is 25.0. The van der Waals surface area contributed by atoms with Crippen LogP contribution >= 0.6 is 11.6 Å². The molecule has 0 aliphatic carbocycles. The lowest BCUT2D eigenvalue weighted by Gasteiger charge is -2.06. The van der Waals surface area contributed by atoms with Crippen molar-refractivity contribution in [2.24, 2.45) is 0 Å². The molecular weight excluding hydrogens is 980 g/mol. The van der Waals surface area contributed by atoms with E-state index >= 15 is 0 Å². The Labute approximate surface area is 496 Å². The molecule has 0 aliphatic rings. The molecule has 0 fully saturated rings. The smallest absolute Gasteiger partial charge is 0.335 e. The van der Waals surface area contributed by atoms with Gasteiger partial charge in [-0.3, -0.25) is 0 Å². The highest BCUT2D eigenvalue weighted by Crippen LogP contribution is 2.22. The van der Waals surface area contributed by atoms with Crippen LogP contribution in [0.1, 0.15) is 342 Å². The highest BCUT2D eigenvalue weighted by Gasteiger charge is 2.10. The zero-order valence-corrected chi connectivity index (χ0v) is 54.4. The minimum atomic E-state index is -0.909. The van der Waals surface area contributed by atoms with E-state index in [0.29, 0.717) is 17.0 Å². The molecule has 0 heterocycles. The molecule has 0 aliphatic heterocycles. The third-order valence-electron chi connectivity index (χ3n) is 16.4. The Bertz CT molecular complexity index is 2010. The van der Waals surface area contributed by atoms with E-state index in [4.69, 9.17) is 11.6 Å². The number of allylic oxidation sites excluding steroid dienone is 18. The highest BCUT2D eigenvalue weighted by molar-refractivity contribution is 6.30. The molecule has 0 radical (unpaired) electrons. The van der Waals surface area contributed by atoms with Crippen LogP contribution in [0.15, 0.2) is 123 Å². The summed E-state index contributed by atoms with van der Waals surface area (Å²) in [6, 6.07) is 4.99. The summed E-state index contributed by atoms with van der Waals surface area (Å²) in [5, 5.41) is 10.1. The van der Waals surface area contributed by atoms with Gasteiger partial charge in [-0.1, -0.05) is 265 Å². The van der Waals surface area contributed by atoms with E-state index in [-0.39, 0.29) is 0 Å². The molecule has 0 atom stereocenters. The van der Waals surface area contributed by atoms with Gasteiger partial charge >= 0.3 is 5.97 Å². The van der Waals surface area contributed by atoms with Gasteiger partial charge in [-0.05, 0) is 208 Å². The van der Waals surface area contributed by atoms with Crippen molar-refractivity contribution >= 4 is 17.6 Å². The topological polar surface area (TPSA) is 37.3 Å². The normalized spacial score (nSPS) is 13.8. The van der Waals surface area contributed by atoms with Crippen molar-refractivity contribution in [3.63, 3.8) is 0 Å². The minimum Gasteiger partial charge on any atom is -0.478 e. The van der Waals surface area contributed by atoms with Gasteiger partial charge in [-0.25, -0.2) is 4.79 Å². The third-order valence-corrected chi connectivity index (χ3v) is 16.6. The number of unbranched alkanes of at least 4 members (excludes halogenated alkanes) is 22. The first-order valence-corrected chi connectivity index (χ1v) is 33.5. The molecule has 1 rings (SSSR count). The van der Waals surface area contributed by atoms with Crippen LogP contribution in [0.2, 0.25) is 5.02 Å². The lowest BCUT2D eigenvalue weighted by Crippen LogP contribution is -2.01. The van der Waals surface area contributed by atoms with Crippen molar-refractivity contribution in [3.8, 4) is 0 Å². The number of hydrogen-bond donors (Lipinski definition) is 1. The first-order chi connectivity index (χ1) is 38.2. The summed E-state index contributed by atoms with van der Waals surface area (Å²) in [6.45, 7) is 22.9. The average Bonchev–Trinajstić information content (AvgIpc) is 3.40. The molecule has 0 saturated heterocycles. The van der Waals surface area contributed by atoms with Gasteiger partial charge in [0.25, 0.3) is 0 Å². The van der Waals surface area contributed by atoms with E-state index in [2.05, 4.69) is 124 Å². The van der Waals surface area contributed by atoms with Crippen LogP contribution in [0.25, 0.3) is 0 Å². The number of aromatic carboxylic acids is 1. The number of rotatable bonds is 51. The second-order valence-electron chi connectivity index (χ2n) is 24.6. The molecule has 448 valence electrons. The predicted molar refractivity (Wildman–Crippen MR) is 356 cm³/mol. The molecule has 0 amide bonds. The number of carboxylic acid groups (broad SMARTS) is 1. The van der Waals surface area contributed by atoms with Crippen LogP contribution in [0.5, 0.6) is 0 Å². The SMILES string of the molecule is CCCCCCCCCCCCCCCCCCCCCCCCCC(C)=CCCC(C)=CCCC(C)=CCCC(C)=CCCC(C)=CCCC(C)=CCCC(C)=CCCC(C)=CCCC(C)=CCc1cc(Cl)ccc1C(=O)O. The van der Waals surface area contributed by atoms with Crippen LogP contribution in [0.4, 0.5) is 0 Å². The molecule has 0 saturated carbocycles. The molecule has 0 aromatic heterocycles. The van der Waals surface area contributed by atoms with Gasteiger partial charge in [-0.2, -0.15) is 0 Å². The van der Waals surface area contributed by atoms with E-state index in [1.807, 2.05) is 0 Å². The van der Waals surface area contributed by atoms with E-state index < -0.39 is 5.97 Å². The molecule has 0 bridgehead atoms. The van der Waals surface area contributed by atoms with Crippen LogP contribution in [0.3, 0.4) is 0 Å². The fraction of sp³-hybridized carbons (Fsp3) is 0.671. The van der Waals surface area contributed by atoms with Gasteiger partial charge in [0, 0.05) is 5.02 Å². The van der Waals surface area contributed by atoms with Gasteiger partial charge < -0.3 is 5.11 Å². The Morgan fingerprint density at radius 1 is 0.342 bits per heavy atom. The first kappa shape index (κ1) is 73.7. The lowest BCUT2D eigenvalue weighted by atomic mass is 10.0. The van der Waals surface area contributed by atoms with Crippen molar-refractivity contribution in [2.45, 2.75) is 332 Å². The third kappa shape index (κ3) is 46.9. The van der Waals surface area contributed by atoms with Gasteiger partial charge in [-0.15, -0.1) is 0 Å². The van der Waals surface area contributed by atoms with Gasteiger partial charge in [0.1, 0.15) is 0 Å². The molecule has 1 N–H and O–H groups in total. The van der Waals surface area contributed by atoms with Crippen molar-refractivity contribution in [1.82, 2.24) is 0 Å². The van der Waals surface area contributed by atoms with Gasteiger partial charge in [0.2, 0.25) is 0 Å². The lowest BCUT2D eigenvalue weighted by molar-refractivity contribution is 0.0695. The summed E-state index contributed by atoms with van der Waals surface area (Å²) in [5.74, 6) is -0.909. The number of carboxylic acids is 1. The fourth-order valence-electron chi connectivity index (χ4n) is 10.7. The van der Waals surface area contributed by atoms with Crippen LogP contribution in [-0.2, 0) is 6.42 Å². The molecule has 0 unspecified atom stereocenters. The van der Waals surface area contributed by atoms with E-state index in [9.17, 15) is 9.90 Å². The van der Waals surface area contributed by atoms with Gasteiger partial charge in [0.05, 0.1) is 5.56 Å². The molecule has 3 heteroatoms. The average molecular weight is 1110 g/mol. The van der Waals surface area contributed by atoms with Gasteiger partial charge in [0.15, 0.2) is 0 Å². The molecule has 79 heavy (non-hydrogen) atoms. The standard InChI is InChI=1S/C76H125ClO2/c1-11-12-13-14-15-16-17-18-19-20-21-22-23-24-25-26-27-28-29-30-31-32-33-42-64(2)43-34-44-65(3)45-35-46-66(4)47-36-48-67(5)49-37-50-68(6)51-38-52-69(7)53-39-54-70(8)55-40-56-71(9)57-41-58-72(10)59-60-73-63-74(77)61-62-75(73)76(78)79/h43,45,47,49,51,53,55,57,59,61-63H,11-42,44,46,48,50,52,54,56,58,60H2,1-10H3,(H,78,79). The first-order valence-electron chi connectivity index (χ1n) is 33.1. The predicted octanol–water partition coefficient (Wildman–Crippen LogP) is 26.7. The largest absolute Gasteiger partial charge is 0.478 e. The summed E-state index contributed by atoms with van der Waals surface area (Å²) in [4.78, 5) is 11.6. The van der Waals surface area contributed by atoms with Crippen molar-refractivity contribution < 1.29 is 9.90 Å². The van der Waals surface area contributed by atoms with Crippen molar-refractivity contribution in [3.05, 3.63) is 139 Å². The Balaban J connectivity index is 2.08. The summed E-state index contributed by atoms with van der Waals surface area (Å²) >= 11 is 6.12. The van der Waals surface area contributed by atoms with E-state index in [1.165, 1.54) is 225 Å². The Morgan fingerprint density at radius 3 is 0.823 bits per heavy atom. The van der Waals surface area contributed by atoms with Crippen LogP contribution in [-0.4, -0.2) is 11.1 Å². The number of hydrogen-bond acceptors (Lipinski definition) is 1. The zero-order chi connectivity index (χ0) is 58.0. The van der Waals surface area contributed by atoms with E-state index in [1.54, 1.807) is 29.3 Å². The van der Waals surface area contributed by atoms with Crippen LogP contribution in [0, 0.1) is 0 Å². The zero-order valence-electron chi connectivity index (χ0n) is 53.7. The summed E-state index contributed by atoms with van der Waals surface area (Å²) in [7, 11) is 0. The summed E-state index contributed by atoms with van der Waals surface area (Å²) < 4.78 is 0. The maximum Gasteiger partial charge on any atom is 0.335 e. The summed E-state index contributed by atoms with van der Waals surface area (Å²) in [6.07, 6.45) is 75.1. The van der Waals surface area contributed by atoms with Crippen LogP contribution < -0.4 is 0 Å². The second kappa shape index (κ2) is 51.5. The maximum atomic E-state index is 11.6. The molecule has 1 aromatic carbocycles. The number of carbonyl (C=O) groups is 1. The number of benzene rings is 1. The van der Waals surface area contributed by atoms with Crippen molar-refractivity contribution in [2.75, 3.05) is 0 Å². The summed E-state index contributed by atoms with van der Waals surface area (Å²) in [5.41, 5.74) is 14.5. The quantitative estimate of drug-likeness (QED) is 0.0521. The number of halogens is 1.